The maximum atomic E-state index is 13.3. The van der Waals surface area contributed by atoms with E-state index in [0.717, 1.165) is 46.3 Å². The first-order valence-electron chi connectivity index (χ1n) is 11.4. The van der Waals surface area contributed by atoms with Crippen LogP contribution in [0.25, 0.3) is 0 Å². The molecule has 3 aromatic rings. The molecule has 1 atom stereocenters. The van der Waals surface area contributed by atoms with E-state index in [4.69, 9.17) is 9.26 Å². The van der Waals surface area contributed by atoms with Gasteiger partial charge < -0.3 is 14.6 Å². The van der Waals surface area contributed by atoms with Crippen LogP contribution in [0.5, 0.6) is 5.75 Å². The number of ether oxygens (including phenoxy) is 1. The molecule has 1 fully saturated rings. The number of methoxy groups -OCH3 is 1. The molecule has 2 heterocycles. The number of aryl methyl sites for hydroxylation is 2. The molecule has 1 saturated heterocycles. The van der Waals surface area contributed by atoms with Crippen molar-refractivity contribution in [3.63, 3.8) is 0 Å². The van der Waals surface area contributed by atoms with Crippen molar-refractivity contribution in [3.8, 4) is 5.75 Å². The summed E-state index contributed by atoms with van der Waals surface area (Å²) >= 11 is 1.63. The first-order chi connectivity index (χ1) is 16.1. The van der Waals surface area contributed by atoms with Crippen LogP contribution in [0.1, 0.15) is 51.8 Å². The minimum atomic E-state index is -0.0593. The molecule has 1 aliphatic rings. The van der Waals surface area contributed by atoms with Gasteiger partial charge in [-0.2, -0.15) is 0 Å². The number of nitrogens with zero attached hydrogens (tertiary/aromatic N) is 2. The number of aromatic nitrogens is 1. The minimum Gasteiger partial charge on any atom is -0.496 e. The zero-order chi connectivity index (χ0) is 23.2. The van der Waals surface area contributed by atoms with Gasteiger partial charge in [-0.15, -0.1) is 11.8 Å². The highest BCUT2D eigenvalue weighted by molar-refractivity contribution is 7.98. The largest absolute Gasteiger partial charge is 0.496 e. The molecule has 0 radical (unpaired) electrons. The molecule has 0 aliphatic carbocycles. The molecule has 33 heavy (non-hydrogen) atoms. The number of amides is 1. The van der Waals surface area contributed by atoms with Gasteiger partial charge in [0.15, 0.2) is 0 Å². The van der Waals surface area contributed by atoms with Crippen molar-refractivity contribution in [3.05, 3.63) is 76.7 Å². The molecular formula is C26H31N3O3S. The fourth-order valence-corrected chi connectivity index (χ4v) is 5.56. The van der Waals surface area contributed by atoms with Crippen LogP contribution in [0, 0.1) is 13.8 Å². The second-order valence-electron chi connectivity index (χ2n) is 8.30. The van der Waals surface area contributed by atoms with E-state index in [-0.39, 0.29) is 11.9 Å². The minimum absolute atomic E-state index is 0.0593. The second-order valence-corrected chi connectivity index (χ2v) is 9.32. The SMILES string of the molecule is COc1ccccc1C(CNC(=O)c1ccccc1SCc1c(C)noc1C)N1CCCC1. The highest BCUT2D eigenvalue weighted by atomic mass is 32.2. The predicted octanol–water partition coefficient (Wildman–Crippen LogP) is 5.16. The van der Waals surface area contributed by atoms with Crippen molar-refractivity contribution < 1.29 is 14.1 Å². The highest BCUT2D eigenvalue weighted by Gasteiger charge is 2.26. The molecule has 0 spiro atoms. The quantitative estimate of drug-likeness (QED) is 0.440. The molecule has 6 nitrogen and oxygen atoms in total. The van der Waals surface area contributed by atoms with Crippen molar-refractivity contribution in [1.29, 1.82) is 0 Å². The number of para-hydroxylation sites is 1. The Labute approximate surface area is 199 Å². The maximum absolute atomic E-state index is 13.3. The number of carbonyl (C=O) groups excluding carboxylic acids is 1. The Hall–Kier alpha value is -2.77. The van der Waals surface area contributed by atoms with Gasteiger partial charge in [-0.1, -0.05) is 35.5 Å². The predicted molar refractivity (Wildman–Crippen MR) is 131 cm³/mol. The lowest BCUT2D eigenvalue weighted by Gasteiger charge is -2.29. The average Bonchev–Trinajstić information content (AvgIpc) is 3.48. The third kappa shape index (κ3) is 5.42. The third-order valence-electron chi connectivity index (χ3n) is 6.22. The van der Waals surface area contributed by atoms with E-state index in [1.165, 1.54) is 12.8 Å². The monoisotopic (exact) mass is 465 g/mol. The Bertz CT molecular complexity index is 1070. The lowest BCUT2D eigenvalue weighted by molar-refractivity contribution is 0.0934. The molecule has 174 valence electrons. The van der Waals surface area contributed by atoms with E-state index in [1.807, 2.05) is 56.3 Å². The van der Waals surface area contributed by atoms with E-state index in [0.29, 0.717) is 17.9 Å². The van der Waals surface area contributed by atoms with Crippen LogP contribution in [0.4, 0.5) is 0 Å². The Morgan fingerprint density at radius 2 is 1.88 bits per heavy atom. The van der Waals surface area contributed by atoms with E-state index < -0.39 is 0 Å². The summed E-state index contributed by atoms with van der Waals surface area (Å²) in [4.78, 5) is 16.7. The van der Waals surface area contributed by atoms with Crippen LogP contribution in [-0.2, 0) is 5.75 Å². The topological polar surface area (TPSA) is 67.6 Å². The summed E-state index contributed by atoms with van der Waals surface area (Å²) in [6, 6.07) is 15.9. The first-order valence-corrected chi connectivity index (χ1v) is 12.4. The molecule has 1 N–H and O–H groups in total. The number of hydrogen-bond donors (Lipinski definition) is 1. The number of thioether (sulfide) groups is 1. The van der Waals surface area contributed by atoms with Crippen molar-refractivity contribution in [2.24, 2.45) is 0 Å². The summed E-state index contributed by atoms with van der Waals surface area (Å²) in [6.07, 6.45) is 2.36. The van der Waals surface area contributed by atoms with E-state index in [1.54, 1.807) is 18.9 Å². The fourth-order valence-electron chi connectivity index (χ4n) is 4.35. The first kappa shape index (κ1) is 23.4. The Morgan fingerprint density at radius 1 is 1.15 bits per heavy atom. The van der Waals surface area contributed by atoms with Gasteiger partial charge in [0.1, 0.15) is 11.5 Å². The van der Waals surface area contributed by atoms with Crippen molar-refractivity contribution in [2.45, 2.75) is 43.4 Å². The summed E-state index contributed by atoms with van der Waals surface area (Å²) in [5.41, 5.74) is 3.78. The number of hydrogen-bond acceptors (Lipinski definition) is 6. The molecule has 1 amide bonds. The molecule has 1 aliphatic heterocycles. The van der Waals surface area contributed by atoms with Crippen LogP contribution >= 0.6 is 11.8 Å². The normalized spacial score (nSPS) is 14.9. The molecule has 2 aromatic carbocycles. The molecule has 0 saturated carbocycles. The summed E-state index contributed by atoms with van der Waals surface area (Å²) < 4.78 is 10.9. The molecule has 7 heteroatoms. The van der Waals surface area contributed by atoms with Crippen LogP contribution in [0.15, 0.2) is 57.9 Å². The van der Waals surface area contributed by atoms with E-state index >= 15 is 0 Å². The van der Waals surface area contributed by atoms with Gasteiger partial charge in [0.25, 0.3) is 5.91 Å². The number of benzene rings is 2. The lowest BCUT2D eigenvalue weighted by atomic mass is 10.0. The highest BCUT2D eigenvalue weighted by Crippen LogP contribution is 2.32. The summed E-state index contributed by atoms with van der Waals surface area (Å²) in [7, 11) is 1.70. The zero-order valence-electron chi connectivity index (χ0n) is 19.5. The van der Waals surface area contributed by atoms with Gasteiger partial charge in [-0.25, -0.2) is 0 Å². The van der Waals surface area contributed by atoms with Crippen LogP contribution < -0.4 is 10.1 Å². The number of likely N-dealkylation sites (tertiary alicyclic amines) is 1. The number of rotatable bonds is 9. The molecular weight excluding hydrogens is 434 g/mol. The standard InChI is InChI=1S/C26H31N3O3S/c1-18-22(19(2)32-28-18)17-33-25-13-7-5-11-21(25)26(30)27-16-23(29-14-8-9-15-29)20-10-4-6-12-24(20)31-3/h4-7,10-13,23H,8-9,14-17H2,1-3H3,(H,27,30). The van der Waals surface area contributed by atoms with Crippen LogP contribution in [-0.4, -0.2) is 42.7 Å². The number of carbonyl (C=O) groups is 1. The third-order valence-corrected chi connectivity index (χ3v) is 7.32. The van der Waals surface area contributed by atoms with Crippen molar-refractivity contribution >= 4 is 17.7 Å². The lowest BCUT2D eigenvalue weighted by Crippen LogP contribution is -2.37. The average molecular weight is 466 g/mol. The van der Waals surface area contributed by atoms with Gasteiger partial charge in [0.2, 0.25) is 0 Å². The summed E-state index contributed by atoms with van der Waals surface area (Å²) in [6.45, 7) is 6.46. The molecule has 0 bridgehead atoms. The zero-order valence-corrected chi connectivity index (χ0v) is 20.3. The Kier molecular flexibility index (Phi) is 7.73. The smallest absolute Gasteiger partial charge is 0.252 e. The van der Waals surface area contributed by atoms with E-state index in [2.05, 4.69) is 21.4 Å². The van der Waals surface area contributed by atoms with Crippen LogP contribution in [0.2, 0.25) is 0 Å². The molecule has 4 rings (SSSR count). The van der Waals surface area contributed by atoms with E-state index in [9.17, 15) is 4.79 Å². The van der Waals surface area contributed by atoms with Crippen molar-refractivity contribution in [2.75, 3.05) is 26.7 Å². The van der Waals surface area contributed by atoms with Gasteiger partial charge >= 0.3 is 0 Å². The maximum Gasteiger partial charge on any atom is 0.252 e. The molecule has 1 aromatic heterocycles. The number of nitrogens with one attached hydrogen (secondary N) is 1. The van der Waals surface area contributed by atoms with Gasteiger partial charge in [0.05, 0.1) is 24.4 Å². The second kappa shape index (κ2) is 10.9. The van der Waals surface area contributed by atoms with Gasteiger partial charge in [-0.3, -0.25) is 9.69 Å². The summed E-state index contributed by atoms with van der Waals surface area (Å²) in [5, 5.41) is 7.23. The van der Waals surface area contributed by atoms with Gasteiger partial charge in [-0.05, 0) is 58.0 Å². The van der Waals surface area contributed by atoms with Crippen LogP contribution in [0.3, 0.4) is 0 Å². The molecule has 1 unspecified atom stereocenters. The summed E-state index contributed by atoms with van der Waals surface area (Å²) in [5.74, 6) is 2.34. The van der Waals surface area contributed by atoms with Crippen molar-refractivity contribution in [1.82, 2.24) is 15.4 Å². The fraction of sp³-hybridized carbons (Fsp3) is 0.385. The Morgan fingerprint density at radius 3 is 2.61 bits per heavy atom. The Balaban J connectivity index is 1.49. The van der Waals surface area contributed by atoms with Gasteiger partial charge in [0, 0.05) is 28.3 Å².